The molecule has 2 N–H and O–H groups in total. The highest BCUT2D eigenvalue weighted by atomic mass is 19.2. The monoisotopic (exact) mass is 231 g/mol. The second-order valence-corrected chi connectivity index (χ2v) is 3.98. The first-order chi connectivity index (χ1) is 7.59. The molecule has 1 aliphatic rings. The van der Waals surface area contributed by atoms with Gasteiger partial charge < -0.3 is 10.4 Å². The number of hydrogen-bond donors (Lipinski definition) is 2. The van der Waals surface area contributed by atoms with Crippen LogP contribution in [0.15, 0.2) is 6.07 Å². The molecule has 1 heterocycles. The van der Waals surface area contributed by atoms with E-state index in [4.69, 9.17) is 5.11 Å². The van der Waals surface area contributed by atoms with Gasteiger partial charge in [0.1, 0.15) is 0 Å². The fraction of sp³-hybridized carbons (Fsp3) is 0.455. The number of halogens is 3. The standard InChI is InChI=1S/C11H12F3NO/c12-8-5-9(16)11(14)7(10(8)13)4-6-2-1-3-15-6/h5-6,15-16H,1-4H2. The zero-order chi connectivity index (χ0) is 11.7. The van der Waals surface area contributed by atoms with Gasteiger partial charge in [-0.3, -0.25) is 0 Å². The van der Waals surface area contributed by atoms with Crippen LogP contribution in [-0.4, -0.2) is 17.7 Å². The highest BCUT2D eigenvalue weighted by Crippen LogP contribution is 2.26. The molecule has 1 atom stereocenters. The van der Waals surface area contributed by atoms with Crippen molar-refractivity contribution < 1.29 is 18.3 Å². The van der Waals surface area contributed by atoms with Gasteiger partial charge in [0.2, 0.25) is 0 Å². The third-order valence-corrected chi connectivity index (χ3v) is 2.84. The van der Waals surface area contributed by atoms with Gasteiger partial charge in [-0.25, -0.2) is 13.2 Å². The molecule has 0 amide bonds. The van der Waals surface area contributed by atoms with Crippen LogP contribution in [-0.2, 0) is 6.42 Å². The van der Waals surface area contributed by atoms with Crippen LogP contribution in [0.2, 0.25) is 0 Å². The topological polar surface area (TPSA) is 32.3 Å². The summed E-state index contributed by atoms with van der Waals surface area (Å²) in [5.74, 6) is -4.32. The number of hydrogen-bond acceptors (Lipinski definition) is 2. The van der Waals surface area contributed by atoms with Gasteiger partial charge in [0.15, 0.2) is 23.2 Å². The van der Waals surface area contributed by atoms with E-state index in [1.165, 1.54) is 0 Å². The Labute approximate surface area is 91.1 Å². The largest absolute Gasteiger partial charge is 0.505 e. The van der Waals surface area contributed by atoms with Crippen molar-refractivity contribution in [2.45, 2.75) is 25.3 Å². The van der Waals surface area contributed by atoms with E-state index >= 15 is 0 Å². The molecule has 0 spiro atoms. The number of nitrogens with one attached hydrogen (secondary N) is 1. The minimum Gasteiger partial charge on any atom is -0.505 e. The summed E-state index contributed by atoms with van der Waals surface area (Å²) >= 11 is 0. The predicted molar refractivity (Wildman–Crippen MR) is 52.7 cm³/mol. The molecule has 16 heavy (non-hydrogen) atoms. The zero-order valence-electron chi connectivity index (χ0n) is 8.56. The van der Waals surface area contributed by atoms with E-state index in [1.54, 1.807) is 0 Å². The summed E-state index contributed by atoms with van der Waals surface area (Å²) in [6.45, 7) is 0.801. The highest BCUT2D eigenvalue weighted by molar-refractivity contribution is 5.33. The number of aromatic hydroxyl groups is 1. The smallest absolute Gasteiger partial charge is 0.171 e. The molecule has 0 saturated carbocycles. The molecule has 0 aromatic heterocycles. The van der Waals surface area contributed by atoms with Crippen molar-refractivity contribution in [3.63, 3.8) is 0 Å². The molecule has 0 aliphatic carbocycles. The summed E-state index contributed by atoms with van der Waals surface area (Å²) in [6, 6.07) is 0.404. The van der Waals surface area contributed by atoms with E-state index in [9.17, 15) is 13.2 Å². The van der Waals surface area contributed by atoms with Gasteiger partial charge in [0.25, 0.3) is 0 Å². The van der Waals surface area contributed by atoms with E-state index in [2.05, 4.69) is 5.32 Å². The Hall–Kier alpha value is -1.23. The zero-order valence-corrected chi connectivity index (χ0v) is 8.56. The molecule has 1 aliphatic heterocycles. The lowest BCUT2D eigenvalue weighted by atomic mass is 10.0. The molecule has 1 aromatic carbocycles. The first kappa shape index (κ1) is 11.3. The van der Waals surface area contributed by atoms with Crippen LogP contribution in [0.25, 0.3) is 0 Å². The normalized spacial score (nSPS) is 20.3. The van der Waals surface area contributed by atoms with E-state index in [1.807, 2.05) is 0 Å². The Kier molecular flexibility index (Phi) is 3.05. The third kappa shape index (κ3) is 2.00. The maximum Gasteiger partial charge on any atom is 0.171 e. The Morgan fingerprint density at radius 1 is 1.31 bits per heavy atom. The SMILES string of the molecule is Oc1cc(F)c(F)c(CC2CCCN2)c1F. The van der Waals surface area contributed by atoms with Crippen molar-refractivity contribution in [1.29, 1.82) is 0 Å². The Balaban J connectivity index is 2.31. The molecule has 2 rings (SSSR count). The molecule has 5 heteroatoms. The lowest BCUT2D eigenvalue weighted by Gasteiger charge is -2.12. The van der Waals surface area contributed by atoms with Gasteiger partial charge in [-0.2, -0.15) is 0 Å². The summed E-state index contributed by atoms with van der Waals surface area (Å²) in [7, 11) is 0. The summed E-state index contributed by atoms with van der Waals surface area (Å²) in [5.41, 5.74) is -0.378. The van der Waals surface area contributed by atoms with Crippen molar-refractivity contribution in [3.8, 4) is 5.75 Å². The average molecular weight is 231 g/mol. The second-order valence-electron chi connectivity index (χ2n) is 3.98. The van der Waals surface area contributed by atoms with Crippen LogP contribution in [0.3, 0.4) is 0 Å². The average Bonchev–Trinajstić information content (AvgIpc) is 2.74. The quantitative estimate of drug-likeness (QED) is 0.764. The van der Waals surface area contributed by atoms with Crippen molar-refractivity contribution in [3.05, 3.63) is 29.1 Å². The van der Waals surface area contributed by atoms with Gasteiger partial charge in [0, 0.05) is 17.7 Å². The summed E-state index contributed by atoms with van der Waals surface area (Å²) in [6.07, 6.45) is 1.80. The Morgan fingerprint density at radius 3 is 2.69 bits per heavy atom. The van der Waals surface area contributed by atoms with Gasteiger partial charge in [-0.1, -0.05) is 0 Å². The molecule has 88 valence electrons. The lowest BCUT2D eigenvalue weighted by molar-refractivity contribution is 0.400. The third-order valence-electron chi connectivity index (χ3n) is 2.84. The number of rotatable bonds is 2. The van der Waals surface area contributed by atoms with Crippen molar-refractivity contribution in [2.75, 3.05) is 6.54 Å². The van der Waals surface area contributed by atoms with Crippen LogP contribution < -0.4 is 5.32 Å². The number of phenolic OH excluding ortho intramolecular Hbond substituents is 1. The molecule has 0 radical (unpaired) electrons. The molecule has 1 unspecified atom stereocenters. The summed E-state index contributed by atoms with van der Waals surface area (Å²) < 4.78 is 39.7. The molecule has 2 nitrogen and oxygen atoms in total. The van der Waals surface area contributed by atoms with E-state index in [0.717, 1.165) is 19.4 Å². The van der Waals surface area contributed by atoms with Crippen LogP contribution >= 0.6 is 0 Å². The maximum atomic E-state index is 13.4. The first-order valence-corrected chi connectivity index (χ1v) is 5.18. The number of phenols is 1. The molecule has 1 saturated heterocycles. The van der Waals surface area contributed by atoms with E-state index < -0.39 is 23.2 Å². The van der Waals surface area contributed by atoms with E-state index in [0.29, 0.717) is 6.07 Å². The second kappa shape index (κ2) is 4.33. The lowest BCUT2D eigenvalue weighted by Crippen LogP contribution is -2.24. The molecule has 1 aromatic rings. The molecule has 0 bridgehead atoms. The van der Waals surface area contributed by atoms with Crippen molar-refractivity contribution in [1.82, 2.24) is 5.32 Å². The maximum absolute atomic E-state index is 13.4. The van der Waals surface area contributed by atoms with Crippen molar-refractivity contribution in [2.24, 2.45) is 0 Å². The van der Waals surface area contributed by atoms with Gasteiger partial charge in [-0.15, -0.1) is 0 Å². The van der Waals surface area contributed by atoms with Crippen LogP contribution in [0, 0.1) is 17.5 Å². The minimum atomic E-state index is -1.22. The first-order valence-electron chi connectivity index (χ1n) is 5.18. The fourth-order valence-electron chi connectivity index (χ4n) is 2.00. The summed E-state index contributed by atoms with van der Waals surface area (Å²) in [4.78, 5) is 0. The van der Waals surface area contributed by atoms with Crippen molar-refractivity contribution >= 4 is 0 Å². The molecular weight excluding hydrogens is 219 g/mol. The number of benzene rings is 1. The van der Waals surface area contributed by atoms with Crippen LogP contribution in [0.1, 0.15) is 18.4 Å². The Bertz CT molecular complexity index is 376. The Morgan fingerprint density at radius 2 is 2.06 bits per heavy atom. The van der Waals surface area contributed by atoms with Gasteiger partial charge in [0.05, 0.1) is 0 Å². The summed E-state index contributed by atoms with van der Waals surface area (Å²) in [5, 5.41) is 12.1. The van der Waals surface area contributed by atoms with Gasteiger partial charge >= 0.3 is 0 Å². The highest BCUT2D eigenvalue weighted by Gasteiger charge is 2.23. The minimum absolute atomic E-state index is 0.0507. The van der Waals surface area contributed by atoms with Crippen LogP contribution in [0.4, 0.5) is 13.2 Å². The molecular formula is C11H12F3NO. The molecule has 1 fully saturated rings. The van der Waals surface area contributed by atoms with Crippen LogP contribution in [0.5, 0.6) is 5.75 Å². The van der Waals surface area contributed by atoms with E-state index in [-0.39, 0.29) is 18.0 Å². The van der Waals surface area contributed by atoms with Gasteiger partial charge in [-0.05, 0) is 25.8 Å². The fourth-order valence-corrected chi connectivity index (χ4v) is 2.00. The predicted octanol–water partition coefficient (Wildman–Crippen LogP) is 2.10.